The monoisotopic (exact) mass is 305 g/mol. The van der Waals surface area contributed by atoms with E-state index in [0.29, 0.717) is 6.54 Å². The minimum atomic E-state index is -0.542. The second-order valence-electron chi connectivity index (χ2n) is 6.26. The molecule has 6 heteroatoms. The van der Waals surface area contributed by atoms with Crippen molar-refractivity contribution < 1.29 is 14.3 Å². The second-order valence-corrected chi connectivity index (χ2v) is 6.26. The fourth-order valence-corrected chi connectivity index (χ4v) is 3.69. The number of hydrogen-bond donors (Lipinski definition) is 1. The number of carbonyl (C=O) groups is 2. The molecule has 120 valence electrons. The second kappa shape index (κ2) is 6.10. The summed E-state index contributed by atoms with van der Waals surface area (Å²) < 4.78 is 7.57. The van der Waals surface area contributed by atoms with E-state index in [1.165, 1.54) is 0 Å². The van der Waals surface area contributed by atoms with E-state index >= 15 is 0 Å². The maximum atomic E-state index is 12.5. The minimum Gasteiger partial charge on any atom is -0.458 e. The fraction of sp³-hybridized carbons (Fsp3) is 0.688. The van der Waals surface area contributed by atoms with Gasteiger partial charge in [0.25, 0.3) is 0 Å². The number of ether oxygens (including phenoxy) is 1. The quantitative estimate of drug-likeness (QED) is 0.842. The number of aromatic nitrogens is 2. The van der Waals surface area contributed by atoms with Gasteiger partial charge in [-0.3, -0.25) is 9.59 Å². The van der Waals surface area contributed by atoms with Crippen LogP contribution in [0.4, 0.5) is 0 Å². The topological polar surface area (TPSA) is 73.2 Å². The van der Waals surface area contributed by atoms with Crippen molar-refractivity contribution >= 4 is 11.9 Å². The van der Waals surface area contributed by atoms with E-state index < -0.39 is 5.60 Å². The van der Waals surface area contributed by atoms with Crippen LogP contribution in [-0.2, 0) is 27.4 Å². The van der Waals surface area contributed by atoms with Crippen LogP contribution < -0.4 is 5.32 Å². The van der Waals surface area contributed by atoms with Crippen molar-refractivity contribution in [3.63, 3.8) is 0 Å². The predicted octanol–water partition coefficient (Wildman–Crippen LogP) is 1.79. The maximum Gasteiger partial charge on any atom is 0.307 e. The van der Waals surface area contributed by atoms with Crippen molar-refractivity contribution in [3.05, 3.63) is 18.2 Å². The normalized spacial score (nSPS) is 23.0. The highest BCUT2D eigenvalue weighted by molar-refractivity contribution is 5.87. The predicted molar refractivity (Wildman–Crippen MR) is 79.8 cm³/mol. The average molecular weight is 305 g/mol. The molecule has 1 spiro atoms. The Balaban J connectivity index is 1.64. The number of carbonyl (C=O) groups excluding carboxylic acids is 2. The van der Waals surface area contributed by atoms with Crippen LogP contribution >= 0.6 is 0 Å². The Morgan fingerprint density at radius 3 is 3.00 bits per heavy atom. The first-order valence-electron chi connectivity index (χ1n) is 8.14. The Morgan fingerprint density at radius 1 is 1.50 bits per heavy atom. The van der Waals surface area contributed by atoms with Gasteiger partial charge in [-0.15, -0.1) is 0 Å². The van der Waals surface area contributed by atoms with Crippen molar-refractivity contribution in [1.29, 1.82) is 0 Å². The van der Waals surface area contributed by atoms with Crippen LogP contribution in [0.25, 0.3) is 0 Å². The molecule has 1 N–H and O–H groups in total. The van der Waals surface area contributed by atoms with Crippen molar-refractivity contribution in [2.45, 2.75) is 64.1 Å². The van der Waals surface area contributed by atoms with Gasteiger partial charge in [0.2, 0.25) is 5.91 Å². The molecule has 0 radical (unpaired) electrons. The molecule has 6 nitrogen and oxygen atoms in total. The van der Waals surface area contributed by atoms with Gasteiger partial charge in [0, 0.05) is 18.9 Å². The minimum absolute atomic E-state index is 0.0844. The van der Waals surface area contributed by atoms with E-state index in [1.54, 1.807) is 6.20 Å². The van der Waals surface area contributed by atoms with Gasteiger partial charge in [-0.2, -0.15) is 0 Å². The molecule has 1 aromatic heterocycles. The Morgan fingerprint density at radius 2 is 2.27 bits per heavy atom. The van der Waals surface area contributed by atoms with E-state index in [9.17, 15) is 9.59 Å². The van der Waals surface area contributed by atoms with Crippen LogP contribution in [0.2, 0.25) is 0 Å². The zero-order chi connectivity index (χ0) is 15.6. The Labute approximate surface area is 130 Å². The highest BCUT2D eigenvalue weighted by Gasteiger charge is 2.53. The lowest BCUT2D eigenvalue weighted by Gasteiger charge is -2.27. The summed E-state index contributed by atoms with van der Waals surface area (Å²) in [6.45, 7) is 3.39. The molecule has 2 heterocycles. The van der Waals surface area contributed by atoms with E-state index in [2.05, 4.69) is 17.2 Å². The van der Waals surface area contributed by atoms with Gasteiger partial charge in [0.15, 0.2) is 0 Å². The number of hydrogen-bond acceptors (Lipinski definition) is 4. The summed E-state index contributed by atoms with van der Waals surface area (Å²) in [4.78, 5) is 28.5. The first-order valence-corrected chi connectivity index (χ1v) is 8.14. The lowest BCUT2D eigenvalue weighted by atomic mass is 9.85. The lowest BCUT2D eigenvalue weighted by molar-refractivity contribution is -0.150. The Hall–Kier alpha value is -1.85. The molecule has 1 amide bonds. The molecule has 3 rings (SSSR count). The number of nitrogens with one attached hydrogen (secondary N) is 1. The highest BCUT2D eigenvalue weighted by Crippen LogP contribution is 2.45. The van der Waals surface area contributed by atoms with Crippen LogP contribution in [0.5, 0.6) is 0 Å². The van der Waals surface area contributed by atoms with Crippen molar-refractivity contribution in [2.75, 3.05) is 0 Å². The molecule has 0 bridgehead atoms. The van der Waals surface area contributed by atoms with Crippen LogP contribution in [-0.4, -0.2) is 27.0 Å². The summed E-state index contributed by atoms with van der Waals surface area (Å²) in [5, 5.41) is 2.94. The van der Waals surface area contributed by atoms with E-state index in [1.807, 2.05) is 10.8 Å². The number of rotatable bonds is 5. The highest BCUT2D eigenvalue weighted by atomic mass is 16.6. The standard InChI is InChI=1S/C16H23N3O3/c1-2-8-19-9-7-17-13(19)11-18-15(21)12-10-14(20)22-16(12)5-3-4-6-16/h7,9,12H,2-6,8,10-11H2,1H3,(H,18,21). The van der Waals surface area contributed by atoms with Gasteiger partial charge in [0.1, 0.15) is 11.4 Å². The van der Waals surface area contributed by atoms with Gasteiger partial charge in [0.05, 0.1) is 18.9 Å². The molecule has 1 aromatic rings. The third-order valence-electron chi connectivity index (χ3n) is 4.78. The number of nitrogens with zero attached hydrogens (tertiary/aromatic N) is 2. The molecule has 1 atom stereocenters. The van der Waals surface area contributed by atoms with Crippen LogP contribution in [0, 0.1) is 5.92 Å². The first kappa shape index (κ1) is 15.1. The van der Waals surface area contributed by atoms with Gasteiger partial charge >= 0.3 is 5.97 Å². The van der Waals surface area contributed by atoms with Crippen LogP contribution in [0.15, 0.2) is 12.4 Å². The third-order valence-corrected chi connectivity index (χ3v) is 4.78. The summed E-state index contributed by atoms with van der Waals surface area (Å²) in [6.07, 6.45) is 8.56. The van der Waals surface area contributed by atoms with Crippen molar-refractivity contribution in [2.24, 2.45) is 5.92 Å². The summed E-state index contributed by atoms with van der Waals surface area (Å²) in [6, 6.07) is 0. The molecule has 1 unspecified atom stereocenters. The Kier molecular flexibility index (Phi) is 4.18. The molecule has 0 aromatic carbocycles. The molecule has 2 aliphatic rings. The summed E-state index contributed by atoms with van der Waals surface area (Å²) >= 11 is 0. The molecular weight excluding hydrogens is 282 g/mol. The summed E-state index contributed by atoms with van der Waals surface area (Å²) in [5.41, 5.74) is -0.542. The number of aryl methyl sites for hydroxylation is 1. The first-order chi connectivity index (χ1) is 10.6. The van der Waals surface area contributed by atoms with Crippen molar-refractivity contribution in [1.82, 2.24) is 14.9 Å². The SMILES string of the molecule is CCCn1ccnc1CNC(=O)C1CC(=O)OC12CCCC2. The van der Waals surface area contributed by atoms with Crippen LogP contribution in [0.3, 0.4) is 0 Å². The van der Waals surface area contributed by atoms with Crippen molar-refractivity contribution in [3.8, 4) is 0 Å². The average Bonchev–Trinajstić information content (AvgIpc) is 3.19. The smallest absolute Gasteiger partial charge is 0.307 e. The molecule has 2 fully saturated rings. The van der Waals surface area contributed by atoms with Gasteiger partial charge in [-0.05, 0) is 32.1 Å². The fourth-order valence-electron chi connectivity index (χ4n) is 3.69. The van der Waals surface area contributed by atoms with E-state index in [4.69, 9.17) is 4.74 Å². The zero-order valence-electron chi connectivity index (χ0n) is 13.0. The maximum absolute atomic E-state index is 12.5. The lowest BCUT2D eigenvalue weighted by Crippen LogP contribution is -2.42. The van der Waals surface area contributed by atoms with Gasteiger partial charge in [-0.1, -0.05) is 6.92 Å². The molecule has 22 heavy (non-hydrogen) atoms. The number of amides is 1. The van der Waals surface area contributed by atoms with E-state index in [0.717, 1.165) is 44.5 Å². The number of esters is 1. The van der Waals surface area contributed by atoms with E-state index in [-0.39, 0.29) is 24.2 Å². The molecule has 1 aliphatic heterocycles. The van der Waals surface area contributed by atoms with Crippen LogP contribution in [0.1, 0.15) is 51.3 Å². The van der Waals surface area contributed by atoms with Gasteiger partial charge < -0.3 is 14.6 Å². The summed E-state index contributed by atoms with van der Waals surface area (Å²) in [5.74, 6) is 0.173. The number of imidazole rings is 1. The molecular formula is C16H23N3O3. The molecule has 1 saturated heterocycles. The molecule has 1 saturated carbocycles. The third kappa shape index (κ3) is 2.74. The summed E-state index contributed by atoms with van der Waals surface area (Å²) in [7, 11) is 0. The zero-order valence-corrected chi connectivity index (χ0v) is 13.0. The Bertz CT molecular complexity index is 561. The largest absolute Gasteiger partial charge is 0.458 e. The molecule has 1 aliphatic carbocycles. The van der Waals surface area contributed by atoms with Gasteiger partial charge in [-0.25, -0.2) is 4.98 Å².